The minimum absolute atomic E-state index is 0.329. The van der Waals surface area contributed by atoms with Crippen molar-refractivity contribution in [2.45, 2.75) is 33.4 Å². The number of rotatable bonds is 1. The fraction of sp³-hybridized carbons (Fsp3) is 0.217. The SMILES string of the molecule is Cc1cc(C)c(N2c3ccccc3N3c4ccccc4CC32)c(C)c1. The van der Waals surface area contributed by atoms with Crippen LogP contribution in [0.1, 0.15) is 22.3 Å². The van der Waals surface area contributed by atoms with Gasteiger partial charge in [0.05, 0.1) is 11.4 Å². The summed E-state index contributed by atoms with van der Waals surface area (Å²) in [6.45, 7) is 6.66. The number of nitrogens with zero attached hydrogens (tertiary/aromatic N) is 2. The highest BCUT2D eigenvalue weighted by Crippen LogP contribution is 2.53. The summed E-state index contributed by atoms with van der Waals surface area (Å²) in [5, 5.41) is 0. The molecule has 0 saturated carbocycles. The van der Waals surface area contributed by atoms with Gasteiger partial charge in [-0.15, -0.1) is 0 Å². The van der Waals surface area contributed by atoms with Crippen LogP contribution in [-0.4, -0.2) is 6.17 Å². The molecule has 0 aromatic heterocycles. The predicted octanol–water partition coefficient (Wildman–Crippen LogP) is 5.78. The predicted molar refractivity (Wildman–Crippen MR) is 105 cm³/mol. The van der Waals surface area contributed by atoms with Gasteiger partial charge in [0.25, 0.3) is 0 Å². The van der Waals surface area contributed by atoms with Crippen molar-refractivity contribution in [2.24, 2.45) is 0 Å². The van der Waals surface area contributed by atoms with Gasteiger partial charge in [-0.25, -0.2) is 0 Å². The van der Waals surface area contributed by atoms with E-state index in [2.05, 4.69) is 91.2 Å². The highest BCUT2D eigenvalue weighted by Gasteiger charge is 2.43. The van der Waals surface area contributed by atoms with E-state index in [4.69, 9.17) is 0 Å². The number of anilines is 4. The molecule has 2 heterocycles. The van der Waals surface area contributed by atoms with Crippen LogP contribution in [0.3, 0.4) is 0 Å². The summed E-state index contributed by atoms with van der Waals surface area (Å²) in [7, 11) is 0. The van der Waals surface area contributed by atoms with Crippen molar-refractivity contribution in [3.63, 3.8) is 0 Å². The van der Waals surface area contributed by atoms with Gasteiger partial charge in [0.2, 0.25) is 0 Å². The smallest absolute Gasteiger partial charge is 0.115 e. The van der Waals surface area contributed by atoms with Crippen LogP contribution in [0.25, 0.3) is 0 Å². The van der Waals surface area contributed by atoms with Crippen molar-refractivity contribution in [2.75, 3.05) is 9.80 Å². The first-order valence-corrected chi connectivity index (χ1v) is 8.98. The number of benzene rings is 3. The van der Waals surface area contributed by atoms with Crippen LogP contribution in [0.2, 0.25) is 0 Å². The molecular weight excluding hydrogens is 304 g/mol. The Morgan fingerprint density at radius 2 is 1.28 bits per heavy atom. The molecule has 0 aliphatic carbocycles. The fourth-order valence-corrected chi connectivity index (χ4v) is 4.72. The first-order valence-electron chi connectivity index (χ1n) is 8.98. The Kier molecular flexibility index (Phi) is 2.99. The highest BCUT2D eigenvalue weighted by molar-refractivity contribution is 5.92. The summed E-state index contributed by atoms with van der Waals surface area (Å²) in [6, 6.07) is 22.2. The van der Waals surface area contributed by atoms with E-state index >= 15 is 0 Å². The van der Waals surface area contributed by atoms with E-state index in [0.29, 0.717) is 6.17 Å². The second-order valence-electron chi connectivity index (χ2n) is 7.29. The van der Waals surface area contributed by atoms with Gasteiger partial charge in [0.1, 0.15) is 6.17 Å². The van der Waals surface area contributed by atoms with Crippen LogP contribution in [0.5, 0.6) is 0 Å². The molecule has 2 aliphatic rings. The summed E-state index contributed by atoms with van der Waals surface area (Å²) in [5.41, 5.74) is 10.8. The van der Waals surface area contributed by atoms with Crippen molar-refractivity contribution >= 4 is 22.7 Å². The normalized spacial score (nSPS) is 17.5. The summed E-state index contributed by atoms with van der Waals surface area (Å²) in [6.07, 6.45) is 1.38. The molecule has 1 unspecified atom stereocenters. The van der Waals surface area contributed by atoms with Crippen molar-refractivity contribution in [1.82, 2.24) is 0 Å². The maximum atomic E-state index is 2.55. The molecule has 0 saturated heterocycles. The molecule has 0 spiro atoms. The molecule has 2 heteroatoms. The Labute approximate surface area is 149 Å². The Balaban J connectivity index is 1.75. The quantitative estimate of drug-likeness (QED) is 0.559. The number of hydrogen-bond acceptors (Lipinski definition) is 2. The van der Waals surface area contributed by atoms with E-state index in [1.54, 1.807) is 0 Å². The van der Waals surface area contributed by atoms with Crippen LogP contribution in [0, 0.1) is 20.8 Å². The topological polar surface area (TPSA) is 6.48 Å². The van der Waals surface area contributed by atoms with Gasteiger partial charge in [-0.2, -0.15) is 0 Å². The van der Waals surface area contributed by atoms with Gasteiger partial charge in [-0.1, -0.05) is 48.0 Å². The zero-order chi connectivity index (χ0) is 17.1. The van der Waals surface area contributed by atoms with E-state index in [9.17, 15) is 0 Å². The summed E-state index contributed by atoms with van der Waals surface area (Å²) >= 11 is 0. The van der Waals surface area contributed by atoms with Crippen LogP contribution in [0.15, 0.2) is 60.7 Å². The number of para-hydroxylation sites is 3. The molecule has 3 aromatic carbocycles. The standard InChI is InChI=1S/C23H22N2/c1-15-12-16(2)23(17(3)13-15)25-21-11-7-6-10-20(21)24-19-9-5-4-8-18(19)14-22(24)25/h4-13,22H,14H2,1-3H3. The van der Waals surface area contributed by atoms with Gasteiger partial charge >= 0.3 is 0 Å². The molecule has 124 valence electrons. The maximum Gasteiger partial charge on any atom is 0.115 e. The Morgan fingerprint density at radius 1 is 0.720 bits per heavy atom. The third kappa shape index (κ3) is 1.97. The van der Waals surface area contributed by atoms with Gasteiger partial charge in [-0.3, -0.25) is 0 Å². The molecule has 5 rings (SSSR count). The highest BCUT2D eigenvalue weighted by atomic mass is 15.4. The zero-order valence-electron chi connectivity index (χ0n) is 15.0. The molecule has 2 nitrogen and oxygen atoms in total. The molecule has 0 bridgehead atoms. The van der Waals surface area contributed by atoms with E-state index in [1.807, 2.05) is 0 Å². The van der Waals surface area contributed by atoms with Crippen LogP contribution < -0.4 is 9.80 Å². The van der Waals surface area contributed by atoms with E-state index in [-0.39, 0.29) is 0 Å². The first kappa shape index (κ1) is 14.6. The lowest BCUT2D eigenvalue weighted by Gasteiger charge is -2.30. The monoisotopic (exact) mass is 326 g/mol. The van der Waals surface area contributed by atoms with E-state index in [1.165, 1.54) is 45.0 Å². The molecule has 25 heavy (non-hydrogen) atoms. The Hall–Kier alpha value is -2.74. The van der Waals surface area contributed by atoms with E-state index in [0.717, 1.165) is 6.42 Å². The van der Waals surface area contributed by atoms with Crippen LogP contribution in [0.4, 0.5) is 22.7 Å². The minimum Gasteiger partial charge on any atom is -0.318 e. The number of hydrogen-bond donors (Lipinski definition) is 0. The lowest BCUT2D eigenvalue weighted by Crippen LogP contribution is -2.36. The second kappa shape index (κ2) is 5.13. The van der Waals surface area contributed by atoms with Crippen molar-refractivity contribution in [3.05, 3.63) is 82.9 Å². The average Bonchev–Trinajstić information content (AvgIpc) is 3.10. The summed E-state index contributed by atoms with van der Waals surface area (Å²) in [4.78, 5) is 5.07. The molecule has 0 radical (unpaired) electrons. The molecule has 0 N–H and O–H groups in total. The lowest BCUT2D eigenvalue weighted by atomic mass is 10.0. The largest absolute Gasteiger partial charge is 0.318 e. The van der Waals surface area contributed by atoms with Gasteiger partial charge in [0, 0.05) is 17.8 Å². The van der Waals surface area contributed by atoms with Crippen molar-refractivity contribution in [3.8, 4) is 0 Å². The zero-order valence-corrected chi connectivity index (χ0v) is 15.0. The first-order chi connectivity index (χ1) is 12.1. The van der Waals surface area contributed by atoms with Gasteiger partial charge in [-0.05, 0) is 55.7 Å². The van der Waals surface area contributed by atoms with Crippen LogP contribution >= 0.6 is 0 Å². The maximum absolute atomic E-state index is 2.55. The molecular formula is C23H22N2. The Bertz CT molecular complexity index is 966. The third-order valence-corrected chi connectivity index (χ3v) is 5.53. The molecule has 2 aliphatic heterocycles. The van der Waals surface area contributed by atoms with Gasteiger partial charge < -0.3 is 9.80 Å². The number of fused-ring (bicyclic) bond motifs is 5. The third-order valence-electron chi connectivity index (χ3n) is 5.53. The average molecular weight is 326 g/mol. The van der Waals surface area contributed by atoms with Crippen molar-refractivity contribution < 1.29 is 0 Å². The van der Waals surface area contributed by atoms with Gasteiger partial charge in [0.15, 0.2) is 0 Å². The Morgan fingerprint density at radius 3 is 1.96 bits per heavy atom. The fourth-order valence-electron chi connectivity index (χ4n) is 4.72. The molecule has 1 atom stereocenters. The van der Waals surface area contributed by atoms with Crippen LogP contribution in [-0.2, 0) is 6.42 Å². The molecule has 3 aromatic rings. The van der Waals surface area contributed by atoms with Crippen molar-refractivity contribution in [1.29, 1.82) is 0 Å². The summed E-state index contributed by atoms with van der Waals surface area (Å²) < 4.78 is 0. The second-order valence-corrected chi connectivity index (χ2v) is 7.29. The lowest BCUT2D eigenvalue weighted by molar-refractivity contribution is 0.726. The number of aryl methyl sites for hydroxylation is 3. The molecule has 0 fully saturated rings. The minimum atomic E-state index is 0.329. The molecule has 0 amide bonds. The van der Waals surface area contributed by atoms with E-state index < -0.39 is 0 Å². The summed E-state index contributed by atoms with van der Waals surface area (Å²) in [5.74, 6) is 0.